The third-order valence-electron chi connectivity index (χ3n) is 9.67. The largest absolute Gasteiger partial charge is 0.309 e. The Morgan fingerprint density at radius 1 is 0.354 bits per heavy atom. The molecule has 10 rings (SSSR count). The summed E-state index contributed by atoms with van der Waals surface area (Å²) in [7, 11) is 0. The lowest BCUT2D eigenvalue weighted by molar-refractivity contribution is 1.09. The van der Waals surface area contributed by atoms with Crippen molar-refractivity contribution in [3.05, 3.63) is 176 Å². The van der Waals surface area contributed by atoms with Crippen LogP contribution in [0, 0.1) is 0 Å². The average Bonchev–Trinajstić information content (AvgIpc) is 3.67. The zero-order valence-electron chi connectivity index (χ0n) is 26.1. The zero-order chi connectivity index (χ0) is 31.6. The zero-order valence-corrected chi connectivity index (χ0v) is 26.1. The number of aromatic nitrogens is 3. The van der Waals surface area contributed by atoms with E-state index in [9.17, 15) is 0 Å². The van der Waals surface area contributed by atoms with Crippen LogP contribution in [0.25, 0.3) is 88.3 Å². The molecular formula is C45H29N3. The standard InChI is InChI=1S/C45H29N3/c1-4-14-30(15-5-1)33-26-40(31-16-6-2-7-17-31)46-44(28-33)48-42-23-13-10-20-35(42)37-25-24-32-27-43-39(29-38(32)45(37)48)36-21-11-12-22-41(36)47(43)34-18-8-3-9-19-34/h1-29H. The number of fused-ring (bicyclic) bond motifs is 8. The van der Waals surface area contributed by atoms with Gasteiger partial charge in [-0.15, -0.1) is 0 Å². The summed E-state index contributed by atoms with van der Waals surface area (Å²) in [5, 5.41) is 7.32. The second-order valence-corrected chi connectivity index (χ2v) is 12.4. The van der Waals surface area contributed by atoms with Gasteiger partial charge in [-0.05, 0) is 65.0 Å². The SMILES string of the molecule is c1ccc(-c2cc(-c3ccccc3)nc(-n3c4ccccc4c4ccc5cc6c(cc5c43)c3ccccc3n6-c3ccccc3)c2)cc1. The fourth-order valence-electron chi connectivity index (χ4n) is 7.52. The minimum atomic E-state index is 0.903. The van der Waals surface area contributed by atoms with Crippen LogP contribution in [0.1, 0.15) is 0 Å². The monoisotopic (exact) mass is 611 g/mol. The summed E-state index contributed by atoms with van der Waals surface area (Å²) in [4.78, 5) is 5.39. The van der Waals surface area contributed by atoms with Gasteiger partial charge < -0.3 is 4.57 Å². The minimum Gasteiger partial charge on any atom is -0.309 e. The fraction of sp³-hybridized carbons (Fsp3) is 0. The second-order valence-electron chi connectivity index (χ2n) is 12.4. The lowest BCUT2D eigenvalue weighted by atomic mass is 10.0. The van der Waals surface area contributed by atoms with Gasteiger partial charge in [0.2, 0.25) is 0 Å². The van der Waals surface area contributed by atoms with Gasteiger partial charge in [-0.2, -0.15) is 0 Å². The summed E-state index contributed by atoms with van der Waals surface area (Å²) in [6.07, 6.45) is 0. The normalized spacial score (nSPS) is 11.8. The number of pyridine rings is 1. The molecule has 0 saturated heterocycles. The molecule has 0 fully saturated rings. The number of nitrogens with zero attached hydrogens (tertiary/aromatic N) is 3. The van der Waals surface area contributed by atoms with Crippen LogP contribution >= 0.6 is 0 Å². The van der Waals surface area contributed by atoms with Crippen molar-refractivity contribution in [1.82, 2.24) is 14.1 Å². The van der Waals surface area contributed by atoms with Crippen molar-refractivity contribution < 1.29 is 0 Å². The third-order valence-corrected chi connectivity index (χ3v) is 9.67. The molecule has 0 radical (unpaired) electrons. The van der Waals surface area contributed by atoms with Gasteiger partial charge in [-0.3, -0.25) is 4.57 Å². The molecule has 3 nitrogen and oxygen atoms in total. The molecule has 10 aromatic rings. The van der Waals surface area contributed by atoms with Gasteiger partial charge >= 0.3 is 0 Å². The topological polar surface area (TPSA) is 22.8 Å². The van der Waals surface area contributed by atoms with E-state index in [-0.39, 0.29) is 0 Å². The van der Waals surface area contributed by atoms with E-state index >= 15 is 0 Å². The molecule has 3 heterocycles. The molecule has 224 valence electrons. The van der Waals surface area contributed by atoms with E-state index in [2.05, 4.69) is 185 Å². The Hall–Kier alpha value is -6.45. The molecule has 0 unspecified atom stereocenters. The molecule has 0 atom stereocenters. The molecule has 48 heavy (non-hydrogen) atoms. The first-order valence-electron chi connectivity index (χ1n) is 16.4. The van der Waals surface area contributed by atoms with Gasteiger partial charge in [-0.25, -0.2) is 4.98 Å². The summed E-state index contributed by atoms with van der Waals surface area (Å²) in [5.41, 5.74) is 10.2. The highest BCUT2D eigenvalue weighted by molar-refractivity contribution is 6.22. The Morgan fingerprint density at radius 2 is 0.958 bits per heavy atom. The van der Waals surface area contributed by atoms with Crippen LogP contribution in [-0.4, -0.2) is 14.1 Å². The number of hydrogen-bond donors (Lipinski definition) is 0. The molecule has 0 N–H and O–H groups in total. The smallest absolute Gasteiger partial charge is 0.138 e. The van der Waals surface area contributed by atoms with Gasteiger partial charge in [0.1, 0.15) is 5.82 Å². The molecule has 3 aromatic heterocycles. The molecule has 0 spiro atoms. The maximum atomic E-state index is 5.39. The van der Waals surface area contributed by atoms with E-state index in [1.807, 2.05) is 0 Å². The van der Waals surface area contributed by atoms with Crippen LogP contribution in [0.3, 0.4) is 0 Å². The van der Waals surface area contributed by atoms with E-state index < -0.39 is 0 Å². The predicted octanol–water partition coefficient (Wildman–Crippen LogP) is 11.8. The Labute approximate surface area is 277 Å². The fourth-order valence-corrected chi connectivity index (χ4v) is 7.52. The molecule has 0 aliphatic rings. The third kappa shape index (κ3) is 4.04. The molecule has 0 saturated carbocycles. The van der Waals surface area contributed by atoms with Crippen LogP contribution in [0.5, 0.6) is 0 Å². The van der Waals surface area contributed by atoms with Gasteiger partial charge in [-0.1, -0.05) is 127 Å². The van der Waals surface area contributed by atoms with E-state index in [0.29, 0.717) is 0 Å². The summed E-state index contributed by atoms with van der Waals surface area (Å²) in [5.74, 6) is 0.903. The Bertz CT molecular complexity index is 2750. The molecule has 0 bridgehead atoms. The summed E-state index contributed by atoms with van der Waals surface area (Å²) in [6, 6.07) is 63.0. The first-order valence-corrected chi connectivity index (χ1v) is 16.4. The maximum Gasteiger partial charge on any atom is 0.138 e. The van der Waals surface area contributed by atoms with Gasteiger partial charge in [0.15, 0.2) is 0 Å². The number of benzene rings is 7. The van der Waals surface area contributed by atoms with Crippen molar-refractivity contribution >= 4 is 54.4 Å². The van der Waals surface area contributed by atoms with Gasteiger partial charge in [0.25, 0.3) is 0 Å². The van der Waals surface area contributed by atoms with Crippen LogP contribution in [0.2, 0.25) is 0 Å². The van der Waals surface area contributed by atoms with Gasteiger partial charge in [0, 0.05) is 38.2 Å². The lowest BCUT2D eigenvalue weighted by Gasteiger charge is -2.14. The highest BCUT2D eigenvalue weighted by Crippen LogP contribution is 2.41. The Balaban J connectivity index is 1.34. The van der Waals surface area contributed by atoms with Crippen LogP contribution < -0.4 is 0 Å². The number of para-hydroxylation sites is 3. The molecule has 0 aliphatic heterocycles. The highest BCUT2D eigenvalue weighted by Gasteiger charge is 2.20. The van der Waals surface area contributed by atoms with Crippen molar-refractivity contribution in [1.29, 1.82) is 0 Å². The lowest BCUT2D eigenvalue weighted by Crippen LogP contribution is -2.00. The van der Waals surface area contributed by atoms with Crippen molar-refractivity contribution in [2.75, 3.05) is 0 Å². The van der Waals surface area contributed by atoms with Crippen molar-refractivity contribution in [2.24, 2.45) is 0 Å². The van der Waals surface area contributed by atoms with Gasteiger partial charge in [0.05, 0.1) is 27.8 Å². The maximum absolute atomic E-state index is 5.39. The quantitative estimate of drug-likeness (QED) is 0.194. The minimum absolute atomic E-state index is 0.903. The van der Waals surface area contributed by atoms with Crippen molar-refractivity contribution in [3.63, 3.8) is 0 Å². The number of hydrogen-bond acceptors (Lipinski definition) is 1. The molecule has 3 heteroatoms. The average molecular weight is 612 g/mol. The first kappa shape index (κ1) is 26.7. The molecular weight excluding hydrogens is 583 g/mol. The Kier molecular flexibility index (Phi) is 5.87. The van der Waals surface area contributed by atoms with Crippen molar-refractivity contribution in [3.8, 4) is 33.9 Å². The van der Waals surface area contributed by atoms with E-state index in [1.165, 1.54) is 54.4 Å². The number of rotatable bonds is 4. The van der Waals surface area contributed by atoms with E-state index in [0.717, 1.165) is 33.8 Å². The molecule has 7 aromatic carbocycles. The summed E-state index contributed by atoms with van der Waals surface area (Å²) < 4.78 is 4.77. The van der Waals surface area contributed by atoms with E-state index in [1.54, 1.807) is 0 Å². The van der Waals surface area contributed by atoms with Crippen LogP contribution in [-0.2, 0) is 0 Å². The Morgan fingerprint density at radius 3 is 1.69 bits per heavy atom. The van der Waals surface area contributed by atoms with Crippen LogP contribution in [0.15, 0.2) is 176 Å². The van der Waals surface area contributed by atoms with E-state index in [4.69, 9.17) is 4.98 Å². The molecule has 0 amide bonds. The highest BCUT2D eigenvalue weighted by atomic mass is 15.1. The molecule has 0 aliphatic carbocycles. The predicted molar refractivity (Wildman–Crippen MR) is 201 cm³/mol. The summed E-state index contributed by atoms with van der Waals surface area (Å²) in [6.45, 7) is 0. The first-order chi connectivity index (χ1) is 23.8. The van der Waals surface area contributed by atoms with Crippen LogP contribution in [0.4, 0.5) is 0 Å². The second kappa shape index (κ2) is 10.5. The summed E-state index contributed by atoms with van der Waals surface area (Å²) >= 11 is 0. The van der Waals surface area contributed by atoms with Crippen molar-refractivity contribution in [2.45, 2.75) is 0 Å².